The van der Waals surface area contributed by atoms with Crippen LogP contribution in [0.5, 0.6) is 0 Å². The van der Waals surface area contributed by atoms with Crippen molar-refractivity contribution in [3.63, 3.8) is 0 Å². The second-order valence-corrected chi connectivity index (χ2v) is 7.46. The molecule has 0 radical (unpaired) electrons. The fourth-order valence-electron chi connectivity index (χ4n) is 3.81. The third kappa shape index (κ3) is 4.07. The number of halogens is 1. The lowest BCUT2D eigenvalue weighted by Gasteiger charge is -2.25. The van der Waals surface area contributed by atoms with Crippen molar-refractivity contribution >= 4 is 16.8 Å². The Morgan fingerprint density at radius 2 is 2.07 bits per heavy atom. The van der Waals surface area contributed by atoms with Crippen LogP contribution in [0, 0.1) is 12.7 Å². The second-order valence-electron chi connectivity index (χ2n) is 7.46. The van der Waals surface area contributed by atoms with E-state index >= 15 is 0 Å². The van der Waals surface area contributed by atoms with E-state index in [4.69, 9.17) is 4.74 Å². The summed E-state index contributed by atoms with van der Waals surface area (Å²) in [4.78, 5) is 30.2. The monoisotopic (exact) mass is 394 g/mol. The van der Waals surface area contributed by atoms with Gasteiger partial charge in [-0.15, -0.1) is 0 Å². The highest BCUT2D eigenvalue weighted by Gasteiger charge is 2.26. The zero-order valence-corrected chi connectivity index (χ0v) is 16.3. The maximum absolute atomic E-state index is 14.2. The Morgan fingerprint density at radius 1 is 1.24 bits per heavy atom. The summed E-state index contributed by atoms with van der Waals surface area (Å²) in [7, 11) is 0. The smallest absolute Gasteiger partial charge is 0.257 e. The van der Waals surface area contributed by atoms with E-state index in [0.29, 0.717) is 18.7 Å². The molecule has 1 saturated heterocycles. The average molecular weight is 394 g/mol. The van der Waals surface area contributed by atoms with Gasteiger partial charge in [-0.25, -0.2) is 4.39 Å². The molecule has 0 aliphatic carbocycles. The minimum Gasteiger partial charge on any atom is -0.376 e. The Hall–Kier alpha value is -2.99. The lowest BCUT2D eigenvalue weighted by atomic mass is 10.1. The molecule has 1 amide bonds. The van der Waals surface area contributed by atoms with Crippen molar-refractivity contribution in [3.8, 4) is 0 Å². The first-order valence-electron chi connectivity index (χ1n) is 9.80. The summed E-state index contributed by atoms with van der Waals surface area (Å²) in [6.07, 6.45) is 1.67. The van der Waals surface area contributed by atoms with Gasteiger partial charge in [-0.3, -0.25) is 9.59 Å². The van der Waals surface area contributed by atoms with Crippen molar-refractivity contribution in [2.24, 2.45) is 0 Å². The van der Waals surface area contributed by atoms with Crippen molar-refractivity contribution in [1.29, 1.82) is 0 Å². The molecule has 0 saturated carbocycles. The summed E-state index contributed by atoms with van der Waals surface area (Å²) in [5.41, 5.74) is 1.98. The number of nitrogens with zero attached hydrogens (tertiary/aromatic N) is 1. The maximum Gasteiger partial charge on any atom is 0.257 e. The van der Waals surface area contributed by atoms with Crippen molar-refractivity contribution < 1.29 is 13.9 Å². The van der Waals surface area contributed by atoms with Crippen molar-refractivity contribution in [1.82, 2.24) is 9.88 Å². The van der Waals surface area contributed by atoms with E-state index in [-0.39, 0.29) is 23.8 Å². The zero-order chi connectivity index (χ0) is 20.4. The van der Waals surface area contributed by atoms with Gasteiger partial charge in [0.25, 0.3) is 11.5 Å². The van der Waals surface area contributed by atoms with Crippen molar-refractivity contribution in [3.05, 3.63) is 81.4 Å². The molecule has 4 rings (SSSR count). The number of nitrogens with one attached hydrogen (secondary N) is 1. The molecular formula is C23H23FN2O3. The van der Waals surface area contributed by atoms with Crippen LogP contribution in [-0.2, 0) is 11.3 Å². The largest absolute Gasteiger partial charge is 0.376 e. The number of benzene rings is 2. The number of fused-ring (bicyclic) bond motifs is 1. The van der Waals surface area contributed by atoms with Gasteiger partial charge in [0.15, 0.2) is 0 Å². The number of carbonyl (C=O) groups excluding carboxylic acids is 1. The molecule has 1 aliphatic rings. The van der Waals surface area contributed by atoms with Gasteiger partial charge in [0.1, 0.15) is 5.82 Å². The van der Waals surface area contributed by atoms with E-state index in [1.807, 2.05) is 25.1 Å². The first kappa shape index (κ1) is 19.3. The highest BCUT2D eigenvalue weighted by Crippen LogP contribution is 2.20. The molecule has 6 heteroatoms. The number of aryl methyl sites for hydroxylation is 1. The predicted molar refractivity (Wildman–Crippen MR) is 109 cm³/mol. The lowest BCUT2D eigenvalue weighted by molar-refractivity contribution is 0.0503. The fraction of sp³-hybridized carbons (Fsp3) is 0.304. The van der Waals surface area contributed by atoms with Crippen LogP contribution in [0.2, 0.25) is 0 Å². The van der Waals surface area contributed by atoms with Crippen LogP contribution in [0.3, 0.4) is 0 Å². The van der Waals surface area contributed by atoms with E-state index in [9.17, 15) is 14.0 Å². The number of aromatic nitrogens is 1. The van der Waals surface area contributed by atoms with Gasteiger partial charge in [-0.2, -0.15) is 0 Å². The quantitative estimate of drug-likeness (QED) is 0.716. The summed E-state index contributed by atoms with van der Waals surface area (Å²) in [5.74, 6) is -1.01. The molecule has 1 N–H and O–H groups in total. The van der Waals surface area contributed by atoms with Crippen LogP contribution < -0.4 is 5.56 Å². The number of amides is 1. The number of carbonyl (C=O) groups is 1. The van der Waals surface area contributed by atoms with E-state index in [0.717, 1.165) is 29.3 Å². The maximum atomic E-state index is 14.2. The Morgan fingerprint density at radius 3 is 2.83 bits per heavy atom. The summed E-state index contributed by atoms with van der Waals surface area (Å²) < 4.78 is 19.9. The van der Waals surface area contributed by atoms with Gasteiger partial charge >= 0.3 is 0 Å². The third-order valence-corrected chi connectivity index (χ3v) is 5.37. The molecule has 2 aromatic carbocycles. The molecule has 5 nitrogen and oxygen atoms in total. The summed E-state index contributed by atoms with van der Waals surface area (Å²) in [5, 5.41) is 0.898. The molecule has 0 spiro atoms. The molecule has 1 aromatic heterocycles. The number of rotatable bonds is 5. The normalized spacial score (nSPS) is 16.3. The number of hydrogen-bond donors (Lipinski definition) is 1. The van der Waals surface area contributed by atoms with Crippen molar-refractivity contribution in [2.75, 3.05) is 13.2 Å². The molecule has 150 valence electrons. The molecular weight excluding hydrogens is 371 g/mol. The first-order chi connectivity index (χ1) is 14.0. The summed E-state index contributed by atoms with van der Waals surface area (Å²) in [6.45, 7) is 3.00. The van der Waals surface area contributed by atoms with Gasteiger partial charge in [0.2, 0.25) is 0 Å². The van der Waals surface area contributed by atoms with Crippen LogP contribution in [0.4, 0.5) is 4.39 Å². The SMILES string of the molecule is Cc1cccc2cc(CN(C[C@@H]3CCCO3)C(=O)c3ccccc3F)c(=O)[nH]c12. The highest BCUT2D eigenvalue weighted by molar-refractivity contribution is 5.94. The number of pyridine rings is 1. The van der Waals surface area contributed by atoms with Gasteiger partial charge in [-0.1, -0.05) is 30.3 Å². The number of hydrogen-bond acceptors (Lipinski definition) is 3. The van der Waals surface area contributed by atoms with Gasteiger partial charge in [-0.05, 0) is 48.9 Å². The van der Waals surface area contributed by atoms with Gasteiger partial charge in [0, 0.05) is 18.7 Å². The van der Waals surface area contributed by atoms with Crippen LogP contribution in [0.25, 0.3) is 10.9 Å². The second kappa shape index (κ2) is 8.17. The van der Waals surface area contributed by atoms with E-state index in [2.05, 4.69) is 4.98 Å². The lowest BCUT2D eigenvalue weighted by Crippen LogP contribution is -2.38. The molecule has 3 aromatic rings. The Labute approximate surface area is 168 Å². The molecule has 1 atom stereocenters. The third-order valence-electron chi connectivity index (χ3n) is 5.37. The summed E-state index contributed by atoms with van der Waals surface area (Å²) in [6, 6.07) is 13.5. The molecule has 0 bridgehead atoms. The molecule has 29 heavy (non-hydrogen) atoms. The van der Waals surface area contributed by atoms with E-state index < -0.39 is 11.7 Å². The minimum atomic E-state index is -0.571. The van der Waals surface area contributed by atoms with Gasteiger partial charge in [0.05, 0.1) is 23.7 Å². The van der Waals surface area contributed by atoms with Crippen LogP contribution >= 0.6 is 0 Å². The number of aromatic amines is 1. The standard InChI is InChI=1S/C23H23FN2O3/c1-15-6-4-7-16-12-17(22(27)25-21(15)16)13-26(14-18-8-5-11-29-18)23(28)19-9-2-3-10-20(19)24/h2-4,6-7,9-10,12,18H,5,8,11,13-14H2,1H3,(H,25,27)/t18-/m0/s1. The molecule has 1 aliphatic heterocycles. The molecule has 2 heterocycles. The minimum absolute atomic E-state index is 0.00133. The van der Waals surface area contributed by atoms with Crippen LogP contribution in [-0.4, -0.2) is 35.0 Å². The fourth-order valence-corrected chi connectivity index (χ4v) is 3.81. The zero-order valence-electron chi connectivity index (χ0n) is 16.3. The van der Waals surface area contributed by atoms with Crippen LogP contribution in [0.15, 0.2) is 53.3 Å². The summed E-state index contributed by atoms with van der Waals surface area (Å²) >= 11 is 0. The first-order valence-corrected chi connectivity index (χ1v) is 9.80. The Balaban J connectivity index is 1.69. The van der Waals surface area contributed by atoms with E-state index in [1.54, 1.807) is 18.2 Å². The van der Waals surface area contributed by atoms with E-state index in [1.165, 1.54) is 17.0 Å². The number of H-pyrrole nitrogens is 1. The van der Waals surface area contributed by atoms with Gasteiger partial charge < -0.3 is 14.6 Å². The topological polar surface area (TPSA) is 62.4 Å². The average Bonchev–Trinajstić information content (AvgIpc) is 3.22. The molecule has 1 fully saturated rings. The highest BCUT2D eigenvalue weighted by atomic mass is 19.1. The number of ether oxygens (including phenoxy) is 1. The Bertz CT molecular complexity index is 1100. The number of para-hydroxylation sites is 1. The van der Waals surface area contributed by atoms with Crippen LogP contribution in [0.1, 0.15) is 34.3 Å². The molecule has 0 unspecified atom stereocenters. The van der Waals surface area contributed by atoms with Crippen molar-refractivity contribution in [2.45, 2.75) is 32.4 Å². The Kier molecular flexibility index (Phi) is 5.45. The predicted octanol–water partition coefficient (Wildman–Crippen LogP) is 3.80.